The van der Waals surface area contributed by atoms with Gasteiger partial charge in [0.1, 0.15) is 0 Å². The summed E-state index contributed by atoms with van der Waals surface area (Å²) < 4.78 is 4.04. The first-order valence-corrected chi connectivity index (χ1v) is 11.5. The quantitative estimate of drug-likeness (QED) is 0.501. The number of fused-ring (bicyclic) bond motifs is 3. The Morgan fingerprint density at radius 1 is 1.12 bits per heavy atom. The van der Waals surface area contributed by atoms with Crippen LogP contribution in [-0.4, -0.2) is 30.7 Å². The lowest BCUT2D eigenvalue weighted by molar-refractivity contribution is 0.0928. The first kappa shape index (κ1) is 21.5. The minimum absolute atomic E-state index is 0.161. The number of rotatable bonds is 4. The molecule has 0 spiro atoms. The predicted octanol–water partition coefficient (Wildman–Crippen LogP) is 3.11. The van der Waals surface area contributed by atoms with Crippen molar-refractivity contribution < 1.29 is 4.79 Å². The van der Waals surface area contributed by atoms with E-state index in [9.17, 15) is 14.4 Å². The first-order chi connectivity index (χ1) is 15.9. The number of hydrogen-bond acceptors (Lipinski definition) is 4. The number of aryl methyl sites for hydroxylation is 1. The molecule has 0 aliphatic heterocycles. The van der Waals surface area contributed by atoms with Gasteiger partial charge in [-0.1, -0.05) is 43.0 Å². The minimum atomic E-state index is -0.393. The van der Waals surface area contributed by atoms with Gasteiger partial charge in [-0.15, -0.1) is 5.10 Å². The Bertz CT molecular complexity index is 1490. The van der Waals surface area contributed by atoms with Gasteiger partial charge in [0.2, 0.25) is 5.78 Å². The number of nitrogens with one attached hydrogen (secondary N) is 1. The molecular formula is C24H24ClN5O3. The second-order valence-electron chi connectivity index (χ2n) is 8.61. The zero-order valence-electron chi connectivity index (χ0n) is 18.3. The van der Waals surface area contributed by atoms with Gasteiger partial charge in [-0.05, 0) is 48.7 Å². The van der Waals surface area contributed by atoms with Crippen LogP contribution < -0.4 is 16.6 Å². The molecule has 4 aromatic rings. The highest BCUT2D eigenvalue weighted by Crippen LogP contribution is 2.19. The predicted molar refractivity (Wildman–Crippen MR) is 127 cm³/mol. The number of hydrogen-bond donors (Lipinski definition) is 1. The molecule has 2 aromatic heterocycles. The van der Waals surface area contributed by atoms with Crippen molar-refractivity contribution in [2.45, 2.75) is 44.7 Å². The summed E-state index contributed by atoms with van der Waals surface area (Å²) in [6.07, 6.45) is 5.37. The molecule has 5 rings (SSSR count). The van der Waals surface area contributed by atoms with Crippen LogP contribution >= 0.6 is 11.6 Å². The third-order valence-corrected chi connectivity index (χ3v) is 6.55. The number of benzene rings is 2. The SMILES string of the molecule is Cn1c(=O)c2ccc(C(=O)NC3CCCCC3)cc2n2c(=O)n(Cc3cccc(Cl)c3)nc12. The van der Waals surface area contributed by atoms with Crippen LogP contribution in [0.1, 0.15) is 48.0 Å². The van der Waals surface area contributed by atoms with Gasteiger partial charge in [0.15, 0.2) is 0 Å². The molecule has 0 atom stereocenters. The molecule has 8 nitrogen and oxygen atoms in total. The second kappa shape index (κ2) is 8.51. The average Bonchev–Trinajstić information content (AvgIpc) is 3.14. The zero-order valence-corrected chi connectivity index (χ0v) is 19.0. The fourth-order valence-electron chi connectivity index (χ4n) is 4.56. The highest BCUT2D eigenvalue weighted by atomic mass is 35.5. The molecule has 2 aromatic carbocycles. The molecule has 9 heteroatoms. The van der Waals surface area contributed by atoms with Gasteiger partial charge in [-0.2, -0.15) is 0 Å². The third-order valence-electron chi connectivity index (χ3n) is 6.32. The second-order valence-corrected chi connectivity index (χ2v) is 9.05. The number of amides is 1. The lowest BCUT2D eigenvalue weighted by atomic mass is 9.95. The minimum Gasteiger partial charge on any atom is -0.349 e. The van der Waals surface area contributed by atoms with Crippen molar-refractivity contribution in [2.24, 2.45) is 7.05 Å². The Morgan fingerprint density at radius 3 is 2.67 bits per heavy atom. The summed E-state index contributed by atoms with van der Waals surface area (Å²) in [4.78, 5) is 39.1. The Kier molecular flexibility index (Phi) is 5.54. The molecule has 1 fully saturated rings. The summed E-state index contributed by atoms with van der Waals surface area (Å²) >= 11 is 6.07. The van der Waals surface area contributed by atoms with E-state index in [0.717, 1.165) is 31.2 Å². The Morgan fingerprint density at radius 2 is 1.91 bits per heavy atom. The van der Waals surface area contributed by atoms with Gasteiger partial charge in [0.25, 0.3) is 11.5 Å². The lowest BCUT2D eigenvalue weighted by Gasteiger charge is -2.22. The van der Waals surface area contributed by atoms with E-state index in [-0.39, 0.29) is 29.8 Å². The third kappa shape index (κ3) is 3.95. The Hall–Kier alpha value is -3.39. The van der Waals surface area contributed by atoms with E-state index in [2.05, 4.69) is 10.4 Å². The molecule has 1 aliphatic rings. The molecule has 1 N–H and O–H groups in total. The van der Waals surface area contributed by atoms with Crippen molar-refractivity contribution >= 4 is 34.2 Å². The van der Waals surface area contributed by atoms with E-state index in [0.29, 0.717) is 21.5 Å². The Balaban J connectivity index is 1.61. The van der Waals surface area contributed by atoms with Gasteiger partial charge in [0.05, 0.1) is 17.4 Å². The van der Waals surface area contributed by atoms with Crippen molar-refractivity contribution in [2.75, 3.05) is 0 Å². The van der Waals surface area contributed by atoms with Crippen LogP contribution in [0.15, 0.2) is 52.1 Å². The molecule has 170 valence electrons. The topological polar surface area (TPSA) is 90.4 Å². The maximum absolute atomic E-state index is 13.3. The number of nitrogens with zero attached hydrogens (tertiary/aromatic N) is 4. The summed E-state index contributed by atoms with van der Waals surface area (Å²) in [6.45, 7) is 0.207. The van der Waals surface area contributed by atoms with Gasteiger partial charge in [-0.25, -0.2) is 13.9 Å². The number of carbonyl (C=O) groups excluding carboxylic acids is 1. The monoisotopic (exact) mass is 465 g/mol. The van der Waals surface area contributed by atoms with Crippen LogP contribution in [0.4, 0.5) is 0 Å². The van der Waals surface area contributed by atoms with Crippen LogP contribution in [0.5, 0.6) is 0 Å². The summed E-state index contributed by atoms with van der Waals surface area (Å²) in [5.74, 6) is 0.0152. The van der Waals surface area contributed by atoms with Crippen LogP contribution in [0.2, 0.25) is 5.02 Å². The van der Waals surface area contributed by atoms with Gasteiger partial charge in [-0.3, -0.25) is 14.2 Å². The van der Waals surface area contributed by atoms with Crippen LogP contribution in [0.25, 0.3) is 16.7 Å². The molecule has 33 heavy (non-hydrogen) atoms. The molecule has 1 saturated carbocycles. The summed E-state index contributed by atoms with van der Waals surface area (Å²) in [6, 6.07) is 12.2. The van der Waals surface area contributed by atoms with Crippen molar-refractivity contribution in [3.05, 3.63) is 79.5 Å². The van der Waals surface area contributed by atoms with Crippen molar-refractivity contribution in [1.29, 1.82) is 0 Å². The van der Waals surface area contributed by atoms with E-state index >= 15 is 0 Å². The zero-order chi connectivity index (χ0) is 23.1. The van der Waals surface area contributed by atoms with E-state index in [4.69, 9.17) is 11.6 Å². The maximum Gasteiger partial charge on any atom is 0.352 e. The molecule has 0 radical (unpaired) electrons. The largest absolute Gasteiger partial charge is 0.352 e. The maximum atomic E-state index is 13.3. The number of carbonyl (C=O) groups is 1. The van der Waals surface area contributed by atoms with E-state index in [1.807, 2.05) is 6.07 Å². The van der Waals surface area contributed by atoms with Crippen LogP contribution in [0, 0.1) is 0 Å². The molecule has 2 heterocycles. The highest BCUT2D eigenvalue weighted by molar-refractivity contribution is 6.30. The lowest BCUT2D eigenvalue weighted by Crippen LogP contribution is -2.36. The standard InChI is InChI=1S/C24H24ClN5O3/c1-28-22(32)19-11-10-16(21(31)26-18-8-3-2-4-9-18)13-20(19)30-23(28)27-29(24(30)33)14-15-6-5-7-17(25)12-15/h5-7,10-13,18H,2-4,8-9,14H2,1H3,(H,26,31). The van der Waals surface area contributed by atoms with Crippen molar-refractivity contribution in [1.82, 2.24) is 24.1 Å². The van der Waals surface area contributed by atoms with Crippen LogP contribution in [0.3, 0.4) is 0 Å². The van der Waals surface area contributed by atoms with Crippen molar-refractivity contribution in [3.8, 4) is 0 Å². The summed E-state index contributed by atoms with van der Waals surface area (Å²) in [5, 5.41) is 8.41. The summed E-state index contributed by atoms with van der Waals surface area (Å²) in [5.41, 5.74) is 0.922. The fraction of sp³-hybridized carbons (Fsp3) is 0.333. The van der Waals surface area contributed by atoms with E-state index < -0.39 is 5.69 Å². The van der Waals surface area contributed by atoms with Crippen LogP contribution in [-0.2, 0) is 13.6 Å². The smallest absolute Gasteiger partial charge is 0.349 e. The summed E-state index contributed by atoms with van der Waals surface area (Å²) in [7, 11) is 1.58. The Labute approximate surface area is 194 Å². The van der Waals surface area contributed by atoms with Crippen molar-refractivity contribution in [3.63, 3.8) is 0 Å². The van der Waals surface area contributed by atoms with E-state index in [1.54, 1.807) is 43.4 Å². The van der Waals surface area contributed by atoms with Gasteiger partial charge in [0, 0.05) is 23.7 Å². The molecule has 0 bridgehead atoms. The number of halogens is 1. The molecule has 1 amide bonds. The first-order valence-electron chi connectivity index (χ1n) is 11.1. The molecular weight excluding hydrogens is 442 g/mol. The number of aromatic nitrogens is 4. The van der Waals surface area contributed by atoms with Gasteiger partial charge < -0.3 is 5.32 Å². The van der Waals surface area contributed by atoms with E-state index in [1.165, 1.54) is 20.1 Å². The molecule has 0 unspecified atom stereocenters. The highest BCUT2D eigenvalue weighted by Gasteiger charge is 2.20. The average molecular weight is 466 g/mol. The molecule has 0 saturated heterocycles. The molecule has 1 aliphatic carbocycles. The van der Waals surface area contributed by atoms with Gasteiger partial charge >= 0.3 is 5.69 Å². The fourth-order valence-corrected chi connectivity index (χ4v) is 4.77. The normalized spacial score (nSPS) is 14.7.